The first kappa shape index (κ1) is 16.1. The number of alkyl halides is 2. The van der Waals surface area contributed by atoms with Gasteiger partial charge >= 0.3 is 12.3 Å². The molecule has 0 unspecified atom stereocenters. The number of anilines is 1. The molecule has 0 N–H and O–H groups in total. The maximum Gasteiger partial charge on any atom is 0.387 e. The zero-order valence-electron chi connectivity index (χ0n) is 12.4. The van der Waals surface area contributed by atoms with Crippen molar-refractivity contribution in [2.75, 3.05) is 11.4 Å². The maximum atomic E-state index is 13.2. The molecule has 1 aliphatic rings. The molecule has 1 heterocycles. The highest BCUT2D eigenvalue weighted by atomic mass is 19.3. The van der Waals surface area contributed by atoms with E-state index in [0.29, 0.717) is 25.2 Å². The van der Waals surface area contributed by atoms with E-state index in [1.165, 1.54) is 24.3 Å². The van der Waals surface area contributed by atoms with Gasteiger partial charge in [-0.25, -0.2) is 4.39 Å². The molecule has 0 radical (unpaired) electrons. The number of halogens is 3. The van der Waals surface area contributed by atoms with Crippen LogP contribution in [0.1, 0.15) is 11.1 Å². The molecule has 0 atom stereocenters. The summed E-state index contributed by atoms with van der Waals surface area (Å²) >= 11 is 0. The second-order valence-electron chi connectivity index (χ2n) is 5.37. The van der Waals surface area contributed by atoms with Gasteiger partial charge in [0, 0.05) is 30.9 Å². The van der Waals surface area contributed by atoms with Crippen LogP contribution in [0.25, 0.3) is 0 Å². The molecule has 0 bridgehead atoms. The molecule has 3 rings (SSSR count). The minimum absolute atomic E-state index is 0.301. The fraction of sp³-hybridized carbons (Fsp3) is 0.250. The molecule has 126 valence electrons. The van der Waals surface area contributed by atoms with Crippen molar-refractivity contribution in [2.45, 2.75) is 19.6 Å². The Morgan fingerprint density at radius 2 is 1.96 bits per heavy atom. The second kappa shape index (κ2) is 6.38. The van der Waals surface area contributed by atoms with E-state index in [9.17, 15) is 23.3 Å². The van der Waals surface area contributed by atoms with Gasteiger partial charge in [-0.15, -0.1) is 0 Å². The molecule has 0 saturated carbocycles. The quantitative estimate of drug-likeness (QED) is 0.627. The van der Waals surface area contributed by atoms with Crippen LogP contribution >= 0.6 is 0 Å². The van der Waals surface area contributed by atoms with E-state index < -0.39 is 23.0 Å². The molecule has 2 aromatic carbocycles. The van der Waals surface area contributed by atoms with E-state index in [-0.39, 0.29) is 5.82 Å². The lowest BCUT2D eigenvalue weighted by Crippen LogP contribution is -2.30. The number of hydrogen-bond donors (Lipinski definition) is 0. The molecule has 8 heteroatoms. The molecule has 0 amide bonds. The summed E-state index contributed by atoms with van der Waals surface area (Å²) in [5.41, 5.74) is 1.85. The average Bonchev–Trinajstić information content (AvgIpc) is 2.53. The summed E-state index contributed by atoms with van der Waals surface area (Å²) in [6, 6.07) is 8.40. The van der Waals surface area contributed by atoms with Crippen LogP contribution in [0.3, 0.4) is 0 Å². The van der Waals surface area contributed by atoms with Crippen molar-refractivity contribution in [3.8, 4) is 5.75 Å². The van der Waals surface area contributed by atoms with Crippen LogP contribution in [-0.4, -0.2) is 18.1 Å². The molecule has 0 aliphatic carbocycles. The van der Waals surface area contributed by atoms with Gasteiger partial charge in [0.05, 0.1) is 4.92 Å². The lowest BCUT2D eigenvalue weighted by molar-refractivity contribution is -0.386. The molecular formula is C16H13F3N2O3. The van der Waals surface area contributed by atoms with E-state index in [4.69, 9.17) is 0 Å². The third-order valence-corrected chi connectivity index (χ3v) is 3.90. The predicted molar refractivity (Wildman–Crippen MR) is 80.9 cm³/mol. The Bertz CT molecular complexity index is 783. The Hall–Kier alpha value is -2.77. The van der Waals surface area contributed by atoms with Crippen molar-refractivity contribution in [3.63, 3.8) is 0 Å². The first-order chi connectivity index (χ1) is 11.4. The smallest absolute Gasteiger partial charge is 0.387 e. The molecule has 0 spiro atoms. The molecular weight excluding hydrogens is 325 g/mol. The van der Waals surface area contributed by atoms with Crippen LogP contribution in [0.5, 0.6) is 5.75 Å². The second-order valence-corrected chi connectivity index (χ2v) is 5.37. The molecule has 24 heavy (non-hydrogen) atoms. The van der Waals surface area contributed by atoms with E-state index >= 15 is 0 Å². The van der Waals surface area contributed by atoms with Gasteiger partial charge in [-0.1, -0.05) is 6.07 Å². The largest absolute Gasteiger partial charge is 0.427 e. The standard InChI is InChI=1S/C16H13F3N2O3/c17-12-2-1-11-9-20(6-5-10(11)7-12)13-3-4-14(21(22)23)15(8-13)24-16(18)19/h1-4,7-8,16H,5-6,9H2. The Balaban J connectivity index is 1.90. The summed E-state index contributed by atoms with van der Waals surface area (Å²) in [6.07, 6.45) is 0.592. The Morgan fingerprint density at radius 3 is 2.67 bits per heavy atom. The van der Waals surface area contributed by atoms with Crippen LogP contribution in [0, 0.1) is 15.9 Å². The molecule has 1 aliphatic heterocycles. The lowest BCUT2D eigenvalue weighted by atomic mass is 9.99. The fourth-order valence-electron chi connectivity index (χ4n) is 2.78. The number of nitro groups is 1. The zero-order valence-corrected chi connectivity index (χ0v) is 12.4. The van der Waals surface area contributed by atoms with E-state index in [2.05, 4.69) is 4.74 Å². The van der Waals surface area contributed by atoms with E-state index in [0.717, 1.165) is 17.2 Å². The number of benzene rings is 2. The van der Waals surface area contributed by atoms with Crippen LogP contribution in [0.4, 0.5) is 24.5 Å². The number of ether oxygens (including phenoxy) is 1. The van der Waals surface area contributed by atoms with Crippen LogP contribution < -0.4 is 9.64 Å². The number of nitro benzene ring substituents is 1. The van der Waals surface area contributed by atoms with Gasteiger partial charge in [-0.3, -0.25) is 10.1 Å². The number of hydrogen-bond acceptors (Lipinski definition) is 4. The average molecular weight is 338 g/mol. The lowest BCUT2D eigenvalue weighted by Gasteiger charge is -2.31. The van der Waals surface area contributed by atoms with Crippen molar-refractivity contribution < 1.29 is 22.8 Å². The van der Waals surface area contributed by atoms with Gasteiger partial charge in [-0.2, -0.15) is 8.78 Å². The van der Waals surface area contributed by atoms with Crippen molar-refractivity contribution in [1.82, 2.24) is 0 Å². The highest BCUT2D eigenvalue weighted by Gasteiger charge is 2.23. The van der Waals surface area contributed by atoms with Crippen molar-refractivity contribution in [2.24, 2.45) is 0 Å². The monoisotopic (exact) mass is 338 g/mol. The van der Waals surface area contributed by atoms with Crippen molar-refractivity contribution >= 4 is 11.4 Å². The third kappa shape index (κ3) is 3.27. The highest BCUT2D eigenvalue weighted by molar-refractivity contribution is 5.60. The molecule has 0 saturated heterocycles. The summed E-state index contributed by atoms with van der Waals surface area (Å²) in [7, 11) is 0. The summed E-state index contributed by atoms with van der Waals surface area (Å²) in [5.74, 6) is -0.775. The summed E-state index contributed by atoms with van der Waals surface area (Å²) < 4.78 is 42.5. The summed E-state index contributed by atoms with van der Waals surface area (Å²) in [4.78, 5) is 12.0. The Kier molecular flexibility index (Phi) is 4.28. The van der Waals surface area contributed by atoms with Gasteiger partial charge < -0.3 is 9.64 Å². The van der Waals surface area contributed by atoms with Gasteiger partial charge in [0.1, 0.15) is 5.82 Å². The molecule has 2 aromatic rings. The minimum Gasteiger partial charge on any atom is -0.427 e. The zero-order chi connectivity index (χ0) is 17.3. The first-order valence-corrected chi connectivity index (χ1v) is 7.19. The van der Waals surface area contributed by atoms with E-state index in [1.807, 2.05) is 4.90 Å². The molecule has 0 aromatic heterocycles. The highest BCUT2D eigenvalue weighted by Crippen LogP contribution is 2.34. The first-order valence-electron chi connectivity index (χ1n) is 7.19. The van der Waals surface area contributed by atoms with Crippen molar-refractivity contribution in [3.05, 3.63) is 63.5 Å². The van der Waals surface area contributed by atoms with Crippen LogP contribution in [0.2, 0.25) is 0 Å². The third-order valence-electron chi connectivity index (χ3n) is 3.90. The van der Waals surface area contributed by atoms with Gasteiger partial charge in [-0.05, 0) is 35.7 Å². The number of nitrogens with zero attached hydrogens (tertiary/aromatic N) is 2. The summed E-state index contributed by atoms with van der Waals surface area (Å²) in [5, 5.41) is 10.9. The van der Waals surface area contributed by atoms with Crippen LogP contribution in [0.15, 0.2) is 36.4 Å². The molecule has 5 nitrogen and oxygen atoms in total. The topological polar surface area (TPSA) is 55.6 Å². The van der Waals surface area contributed by atoms with Gasteiger partial charge in [0.25, 0.3) is 0 Å². The predicted octanol–water partition coefficient (Wildman–Crippen LogP) is 3.90. The van der Waals surface area contributed by atoms with Crippen molar-refractivity contribution in [1.29, 1.82) is 0 Å². The van der Waals surface area contributed by atoms with Gasteiger partial charge in [0.15, 0.2) is 0 Å². The Labute approximate surface area is 135 Å². The van der Waals surface area contributed by atoms with Crippen LogP contribution in [-0.2, 0) is 13.0 Å². The van der Waals surface area contributed by atoms with E-state index in [1.54, 1.807) is 6.07 Å². The SMILES string of the molecule is O=[N+]([O-])c1ccc(N2CCc3cc(F)ccc3C2)cc1OC(F)F. The fourth-order valence-corrected chi connectivity index (χ4v) is 2.78. The Morgan fingerprint density at radius 1 is 1.17 bits per heavy atom. The molecule has 0 fully saturated rings. The van der Waals surface area contributed by atoms with Gasteiger partial charge in [0.2, 0.25) is 5.75 Å². The summed E-state index contributed by atoms with van der Waals surface area (Å²) in [6.45, 7) is -2.15. The normalized spacial score (nSPS) is 13.8. The maximum absolute atomic E-state index is 13.2. The number of fused-ring (bicyclic) bond motifs is 1. The number of rotatable bonds is 4. The minimum atomic E-state index is -3.15.